The Morgan fingerprint density at radius 1 is 1.35 bits per heavy atom. The van der Waals surface area contributed by atoms with Crippen molar-refractivity contribution in [2.45, 2.75) is 38.0 Å². The van der Waals surface area contributed by atoms with Crippen LogP contribution in [0.4, 0.5) is 0 Å². The summed E-state index contributed by atoms with van der Waals surface area (Å²) in [6.45, 7) is 2.49. The van der Waals surface area contributed by atoms with Gasteiger partial charge in [-0.25, -0.2) is 0 Å². The number of hydrogen-bond donors (Lipinski definition) is 2. The van der Waals surface area contributed by atoms with E-state index in [1.165, 1.54) is 12.8 Å². The molecule has 2 rings (SSSR count). The minimum Gasteiger partial charge on any atom is -0.507 e. The summed E-state index contributed by atoms with van der Waals surface area (Å²) in [5, 5.41) is 10.3. The maximum absolute atomic E-state index is 10.3. The van der Waals surface area contributed by atoms with Gasteiger partial charge in [-0.05, 0) is 25.8 Å². The van der Waals surface area contributed by atoms with E-state index < -0.39 is 0 Å². The zero-order chi connectivity index (χ0) is 12.5. The van der Waals surface area contributed by atoms with Gasteiger partial charge in [0.25, 0.3) is 0 Å². The molecule has 1 saturated carbocycles. The molecule has 1 aromatic rings. The summed E-state index contributed by atoms with van der Waals surface area (Å²) in [5.74, 6) is 1.09. The maximum Gasteiger partial charge on any atom is 0.125 e. The molecule has 0 aliphatic heterocycles. The third-order valence-electron chi connectivity index (χ3n) is 4.12. The van der Waals surface area contributed by atoms with E-state index >= 15 is 0 Å². The van der Waals surface area contributed by atoms with Gasteiger partial charge in [0, 0.05) is 23.1 Å². The highest BCUT2D eigenvalue weighted by atomic mass is 16.5. The fraction of sp³-hybridized carbons (Fsp3) is 0.571. The summed E-state index contributed by atoms with van der Waals surface area (Å²) in [7, 11) is 1.62. The van der Waals surface area contributed by atoms with Crippen LogP contribution in [0.15, 0.2) is 12.1 Å². The minimum atomic E-state index is -0.0267. The molecule has 3 heteroatoms. The second-order valence-corrected chi connectivity index (χ2v) is 4.98. The largest absolute Gasteiger partial charge is 0.507 e. The van der Waals surface area contributed by atoms with Crippen molar-refractivity contribution < 1.29 is 9.84 Å². The summed E-state index contributed by atoms with van der Waals surface area (Å²) in [4.78, 5) is 0. The lowest BCUT2D eigenvalue weighted by atomic mass is 9.78. The van der Waals surface area contributed by atoms with Crippen LogP contribution in [0.1, 0.15) is 36.8 Å². The quantitative estimate of drug-likeness (QED) is 0.846. The molecule has 0 unspecified atom stereocenters. The molecule has 0 atom stereocenters. The van der Waals surface area contributed by atoms with Gasteiger partial charge in [0.2, 0.25) is 0 Å². The fourth-order valence-electron chi connectivity index (χ4n) is 2.97. The van der Waals surface area contributed by atoms with Gasteiger partial charge >= 0.3 is 0 Å². The van der Waals surface area contributed by atoms with Crippen molar-refractivity contribution in [1.29, 1.82) is 0 Å². The summed E-state index contributed by atoms with van der Waals surface area (Å²) >= 11 is 0. The number of aromatic hydroxyl groups is 1. The van der Waals surface area contributed by atoms with Crippen LogP contribution in [-0.4, -0.2) is 18.8 Å². The Morgan fingerprint density at radius 2 is 2.00 bits per heavy atom. The monoisotopic (exact) mass is 235 g/mol. The molecule has 94 valence electrons. The Morgan fingerprint density at radius 3 is 2.53 bits per heavy atom. The molecular weight excluding hydrogens is 214 g/mol. The molecule has 1 fully saturated rings. The van der Waals surface area contributed by atoms with E-state index in [0.29, 0.717) is 12.3 Å². The lowest BCUT2D eigenvalue weighted by Gasteiger charge is -2.29. The summed E-state index contributed by atoms with van der Waals surface area (Å²) < 4.78 is 5.22. The molecule has 0 amide bonds. The summed E-state index contributed by atoms with van der Waals surface area (Å²) in [6.07, 6.45) is 4.54. The molecule has 3 N–H and O–H groups in total. The molecule has 0 saturated heterocycles. The highest BCUT2D eigenvalue weighted by Gasteiger charge is 2.36. The topological polar surface area (TPSA) is 55.5 Å². The van der Waals surface area contributed by atoms with E-state index in [1.54, 1.807) is 7.11 Å². The minimum absolute atomic E-state index is 0.0267. The second-order valence-electron chi connectivity index (χ2n) is 4.98. The van der Waals surface area contributed by atoms with Gasteiger partial charge < -0.3 is 15.6 Å². The average molecular weight is 235 g/mol. The Balaban J connectivity index is 2.48. The van der Waals surface area contributed by atoms with E-state index in [4.69, 9.17) is 10.5 Å². The van der Waals surface area contributed by atoms with Gasteiger partial charge in [0.15, 0.2) is 0 Å². The van der Waals surface area contributed by atoms with Gasteiger partial charge in [-0.15, -0.1) is 0 Å². The zero-order valence-corrected chi connectivity index (χ0v) is 10.6. The molecule has 1 aliphatic rings. The number of nitrogens with two attached hydrogens (primary N) is 1. The number of phenols is 1. The zero-order valence-electron chi connectivity index (χ0n) is 10.6. The molecule has 1 aliphatic carbocycles. The van der Waals surface area contributed by atoms with Crippen LogP contribution in [0.25, 0.3) is 0 Å². The Bertz CT molecular complexity index is 409. The first-order valence-corrected chi connectivity index (χ1v) is 6.22. The lowest BCUT2D eigenvalue weighted by Crippen LogP contribution is -2.32. The number of methoxy groups -OCH3 is 1. The van der Waals surface area contributed by atoms with E-state index in [-0.39, 0.29) is 5.41 Å². The standard InChI is InChI=1S/C14H21NO2/c1-10-12(17-2)6-5-11(13(10)16)14(9-15)7-3-4-8-14/h5-6,16H,3-4,7-9,15H2,1-2H3. The van der Waals surface area contributed by atoms with Crippen LogP contribution in [-0.2, 0) is 5.41 Å². The van der Waals surface area contributed by atoms with Crippen LogP contribution in [0.5, 0.6) is 11.5 Å². The van der Waals surface area contributed by atoms with Gasteiger partial charge in [0.1, 0.15) is 11.5 Å². The summed E-state index contributed by atoms with van der Waals surface area (Å²) in [6, 6.07) is 3.90. The molecule has 0 heterocycles. The molecule has 0 spiro atoms. The predicted octanol–water partition coefficient (Wildman–Crippen LogP) is 2.48. The predicted molar refractivity (Wildman–Crippen MR) is 68.6 cm³/mol. The van der Waals surface area contributed by atoms with Crippen molar-refractivity contribution in [2.75, 3.05) is 13.7 Å². The molecule has 0 aromatic heterocycles. The molecule has 3 nitrogen and oxygen atoms in total. The first-order chi connectivity index (χ1) is 8.14. The molecule has 1 aromatic carbocycles. The molecule has 0 radical (unpaired) electrons. The SMILES string of the molecule is COc1ccc(C2(CN)CCCC2)c(O)c1C. The molecule has 17 heavy (non-hydrogen) atoms. The van der Waals surface area contributed by atoms with Crippen LogP contribution in [0.3, 0.4) is 0 Å². The third kappa shape index (κ3) is 1.89. The van der Waals surface area contributed by atoms with E-state index in [0.717, 1.165) is 29.7 Å². The Labute approximate surface area is 103 Å². The van der Waals surface area contributed by atoms with Crippen LogP contribution in [0, 0.1) is 6.92 Å². The van der Waals surface area contributed by atoms with E-state index in [2.05, 4.69) is 0 Å². The Kier molecular flexibility index (Phi) is 3.29. The smallest absolute Gasteiger partial charge is 0.125 e. The van der Waals surface area contributed by atoms with Crippen molar-refractivity contribution in [3.05, 3.63) is 23.3 Å². The number of phenolic OH excluding ortho intramolecular Hbond substituents is 1. The third-order valence-corrected chi connectivity index (χ3v) is 4.12. The average Bonchev–Trinajstić information content (AvgIpc) is 2.82. The lowest BCUT2D eigenvalue weighted by molar-refractivity contribution is 0.384. The van der Waals surface area contributed by atoms with Crippen molar-refractivity contribution in [3.63, 3.8) is 0 Å². The highest BCUT2D eigenvalue weighted by Crippen LogP contribution is 2.46. The highest BCUT2D eigenvalue weighted by molar-refractivity contribution is 5.51. The first kappa shape index (κ1) is 12.2. The number of ether oxygens (including phenoxy) is 1. The first-order valence-electron chi connectivity index (χ1n) is 6.22. The fourth-order valence-corrected chi connectivity index (χ4v) is 2.97. The van der Waals surface area contributed by atoms with Gasteiger partial charge in [-0.3, -0.25) is 0 Å². The Hall–Kier alpha value is -1.22. The van der Waals surface area contributed by atoms with Crippen LogP contribution < -0.4 is 10.5 Å². The van der Waals surface area contributed by atoms with Crippen molar-refractivity contribution in [3.8, 4) is 11.5 Å². The number of hydrogen-bond acceptors (Lipinski definition) is 3. The van der Waals surface area contributed by atoms with Crippen molar-refractivity contribution in [2.24, 2.45) is 5.73 Å². The number of benzene rings is 1. The second kappa shape index (κ2) is 4.57. The van der Waals surface area contributed by atoms with Crippen LogP contribution in [0.2, 0.25) is 0 Å². The summed E-state index contributed by atoms with van der Waals surface area (Å²) in [5.41, 5.74) is 7.73. The van der Waals surface area contributed by atoms with Gasteiger partial charge in [0.05, 0.1) is 7.11 Å². The molecular formula is C14H21NO2. The van der Waals surface area contributed by atoms with E-state index in [1.807, 2.05) is 19.1 Å². The maximum atomic E-state index is 10.3. The van der Waals surface area contributed by atoms with E-state index in [9.17, 15) is 5.11 Å². The van der Waals surface area contributed by atoms with Crippen LogP contribution >= 0.6 is 0 Å². The number of rotatable bonds is 3. The molecule has 0 bridgehead atoms. The normalized spacial score (nSPS) is 18.3. The van der Waals surface area contributed by atoms with Gasteiger partial charge in [-0.1, -0.05) is 18.9 Å². The van der Waals surface area contributed by atoms with Gasteiger partial charge in [-0.2, -0.15) is 0 Å². The van der Waals surface area contributed by atoms with Crippen molar-refractivity contribution in [1.82, 2.24) is 0 Å². The van der Waals surface area contributed by atoms with Crippen molar-refractivity contribution >= 4 is 0 Å².